The van der Waals surface area contributed by atoms with E-state index >= 15 is 0 Å². The van der Waals surface area contributed by atoms with Crippen LogP contribution in [-0.4, -0.2) is 57.2 Å². The van der Waals surface area contributed by atoms with Gasteiger partial charge in [-0.3, -0.25) is 5.10 Å². The highest BCUT2D eigenvalue weighted by atomic mass is 16.5. The molecule has 2 fully saturated rings. The molecule has 0 aliphatic carbocycles. The Morgan fingerprint density at radius 2 is 1.87 bits per heavy atom. The number of piperidine rings is 1. The van der Waals surface area contributed by atoms with Crippen molar-refractivity contribution in [3.63, 3.8) is 0 Å². The molecule has 0 amide bonds. The first-order valence-corrected chi connectivity index (χ1v) is 10.7. The van der Waals surface area contributed by atoms with Crippen LogP contribution >= 0.6 is 0 Å². The lowest BCUT2D eigenvalue weighted by Gasteiger charge is -2.36. The predicted molar refractivity (Wildman–Crippen MR) is 115 cm³/mol. The van der Waals surface area contributed by atoms with Crippen LogP contribution in [0.1, 0.15) is 32.6 Å². The Hall–Kier alpha value is -3.00. The third-order valence-corrected chi connectivity index (χ3v) is 6.22. The summed E-state index contributed by atoms with van der Waals surface area (Å²) < 4.78 is 5.78. The quantitative estimate of drug-likeness (QED) is 0.651. The third-order valence-electron chi connectivity index (χ3n) is 6.22. The van der Waals surface area contributed by atoms with Crippen LogP contribution in [0, 0.1) is 0 Å². The second kappa shape index (κ2) is 8.02. The van der Waals surface area contributed by atoms with E-state index in [0.29, 0.717) is 30.6 Å². The number of hydrogen-bond acceptors (Lipinski definition) is 7. The van der Waals surface area contributed by atoms with E-state index < -0.39 is 0 Å². The fourth-order valence-corrected chi connectivity index (χ4v) is 4.63. The van der Waals surface area contributed by atoms with Crippen molar-refractivity contribution in [1.29, 1.82) is 0 Å². The van der Waals surface area contributed by atoms with E-state index in [2.05, 4.69) is 37.7 Å². The fourth-order valence-electron chi connectivity index (χ4n) is 4.63. The SMILES string of the molecule is CCOc1nc(-c2ccc(N(C)C3C[C@H]4CC[C@@H](C3)N4)nn2)ccc1-c1cn[nH]c1. The maximum absolute atomic E-state index is 5.78. The van der Waals surface area contributed by atoms with Gasteiger partial charge in [-0.2, -0.15) is 5.10 Å². The lowest BCUT2D eigenvalue weighted by molar-refractivity contribution is 0.329. The van der Waals surface area contributed by atoms with Gasteiger partial charge >= 0.3 is 0 Å². The van der Waals surface area contributed by atoms with E-state index in [9.17, 15) is 0 Å². The summed E-state index contributed by atoms with van der Waals surface area (Å²) in [7, 11) is 2.13. The lowest BCUT2D eigenvalue weighted by atomic mass is 9.98. The van der Waals surface area contributed by atoms with Gasteiger partial charge < -0.3 is 15.0 Å². The minimum atomic E-state index is 0.515. The Kier molecular flexibility index (Phi) is 5.08. The van der Waals surface area contributed by atoms with Gasteiger partial charge in [0.1, 0.15) is 5.69 Å². The van der Waals surface area contributed by atoms with E-state index in [-0.39, 0.29) is 0 Å². The summed E-state index contributed by atoms with van der Waals surface area (Å²) in [6, 6.07) is 9.79. The molecule has 30 heavy (non-hydrogen) atoms. The highest BCUT2D eigenvalue weighted by molar-refractivity contribution is 5.70. The Bertz CT molecular complexity index is 977. The molecule has 3 aromatic rings. The van der Waals surface area contributed by atoms with Crippen LogP contribution in [0.15, 0.2) is 36.7 Å². The molecule has 156 valence electrons. The van der Waals surface area contributed by atoms with Gasteiger partial charge in [-0.1, -0.05) is 0 Å². The molecule has 2 aliphatic heterocycles. The number of nitrogens with zero attached hydrogens (tertiary/aromatic N) is 5. The van der Waals surface area contributed by atoms with Crippen molar-refractivity contribution < 1.29 is 4.74 Å². The van der Waals surface area contributed by atoms with Gasteiger partial charge in [-0.25, -0.2) is 4.98 Å². The van der Waals surface area contributed by atoms with Crippen LogP contribution in [0.2, 0.25) is 0 Å². The summed E-state index contributed by atoms with van der Waals surface area (Å²) in [6.45, 7) is 2.49. The second-order valence-electron chi connectivity index (χ2n) is 8.12. The first-order chi connectivity index (χ1) is 14.7. The highest BCUT2D eigenvalue weighted by Gasteiger charge is 2.35. The molecule has 2 saturated heterocycles. The number of H-pyrrole nitrogens is 1. The maximum Gasteiger partial charge on any atom is 0.222 e. The van der Waals surface area contributed by atoms with Gasteiger partial charge in [-0.15, -0.1) is 10.2 Å². The van der Waals surface area contributed by atoms with Crippen LogP contribution in [0.5, 0.6) is 5.88 Å². The Morgan fingerprint density at radius 1 is 1.07 bits per heavy atom. The van der Waals surface area contributed by atoms with Crippen molar-refractivity contribution in [2.24, 2.45) is 0 Å². The second-order valence-corrected chi connectivity index (χ2v) is 8.12. The number of pyridine rings is 1. The van der Waals surface area contributed by atoms with Gasteiger partial charge in [0, 0.05) is 42.5 Å². The number of nitrogens with one attached hydrogen (secondary N) is 2. The summed E-state index contributed by atoms with van der Waals surface area (Å²) in [4.78, 5) is 6.97. The number of aromatic amines is 1. The van der Waals surface area contributed by atoms with E-state index in [1.807, 2.05) is 37.4 Å². The van der Waals surface area contributed by atoms with E-state index in [0.717, 1.165) is 28.3 Å². The summed E-state index contributed by atoms with van der Waals surface area (Å²) in [6.07, 6.45) is 8.52. The number of rotatable bonds is 6. The zero-order valence-corrected chi connectivity index (χ0v) is 17.4. The Balaban J connectivity index is 1.36. The monoisotopic (exact) mass is 405 g/mol. The predicted octanol–water partition coefficient (Wildman–Crippen LogP) is 3.05. The molecular formula is C22H27N7O. The van der Waals surface area contributed by atoms with Crippen LogP contribution < -0.4 is 15.0 Å². The van der Waals surface area contributed by atoms with Crippen LogP contribution in [-0.2, 0) is 0 Å². The van der Waals surface area contributed by atoms with Crippen molar-refractivity contribution in [2.45, 2.75) is 50.7 Å². The highest BCUT2D eigenvalue weighted by Crippen LogP contribution is 2.32. The number of aromatic nitrogens is 5. The summed E-state index contributed by atoms with van der Waals surface area (Å²) in [5, 5.41) is 19.5. The third kappa shape index (κ3) is 3.63. The molecule has 2 N–H and O–H groups in total. The smallest absolute Gasteiger partial charge is 0.222 e. The topological polar surface area (TPSA) is 91.8 Å². The van der Waals surface area contributed by atoms with Gasteiger partial charge in [0.15, 0.2) is 5.82 Å². The summed E-state index contributed by atoms with van der Waals surface area (Å²) in [5.41, 5.74) is 3.32. The van der Waals surface area contributed by atoms with Gasteiger partial charge in [0.05, 0.1) is 18.5 Å². The fraction of sp³-hybridized carbons (Fsp3) is 0.455. The van der Waals surface area contributed by atoms with Crippen LogP contribution in [0.4, 0.5) is 5.82 Å². The molecule has 0 aromatic carbocycles. The Labute approximate surface area is 176 Å². The lowest BCUT2D eigenvalue weighted by Crippen LogP contribution is -2.47. The molecular weight excluding hydrogens is 378 g/mol. The van der Waals surface area contributed by atoms with Crippen molar-refractivity contribution in [3.8, 4) is 28.4 Å². The molecule has 3 atom stereocenters. The zero-order chi connectivity index (χ0) is 20.5. The van der Waals surface area contributed by atoms with Crippen LogP contribution in [0.3, 0.4) is 0 Å². The van der Waals surface area contributed by atoms with Gasteiger partial charge in [0.2, 0.25) is 5.88 Å². The maximum atomic E-state index is 5.78. The average Bonchev–Trinajstić information content (AvgIpc) is 3.43. The van der Waals surface area contributed by atoms with Crippen molar-refractivity contribution in [3.05, 3.63) is 36.7 Å². The first-order valence-electron chi connectivity index (χ1n) is 10.7. The molecule has 3 aromatic heterocycles. The molecule has 2 aliphatic rings. The standard InChI is InChI=1S/C22H27N7O/c1-3-30-22-18(14-12-23-24-13-14)6-7-19(26-22)20-8-9-21(28-27-20)29(2)17-10-15-4-5-16(11-17)25-15/h6-9,12-13,15-17,25H,3-5,10-11H2,1-2H3,(H,23,24)/t15-,16+,17?. The molecule has 8 nitrogen and oxygen atoms in total. The van der Waals surface area contributed by atoms with Crippen LogP contribution in [0.25, 0.3) is 22.5 Å². The van der Waals surface area contributed by atoms with Crippen molar-refractivity contribution in [2.75, 3.05) is 18.6 Å². The molecule has 8 heteroatoms. The van der Waals surface area contributed by atoms with Gasteiger partial charge in [0.25, 0.3) is 0 Å². The largest absolute Gasteiger partial charge is 0.478 e. The number of fused-ring (bicyclic) bond motifs is 2. The van der Waals surface area contributed by atoms with E-state index in [4.69, 9.17) is 9.72 Å². The average molecular weight is 406 g/mol. The molecule has 0 saturated carbocycles. The van der Waals surface area contributed by atoms with E-state index in [1.54, 1.807) is 6.20 Å². The zero-order valence-electron chi connectivity index (χ0n) is 17.4. The number of hydrogen-bond donors (Lipinski definition) is 2. The Morgan fingerprint density at radius 3 is 2.53 bits per heavy atom. The normalized spacial score (nSPS) is 22.8. The molecule has 5 heterocycles. The minimum absolute atomic E-state index is 0.515. The molecule has 5 rings (SSSR count). The van der Waals surface area contributed by atoms with Crippen molar-refractivity contribution >= 4 is 5.82 Å². The minimum Gasteiger partial charge on any atom is -0.478 e. The molecule has 2 bridgehead atoms. The number of anilines is 1. The summed E-state index contributed by atoms with van der Waals surface area (Å²) >= 11 is 0. The first kappa shape index (κ1) is 19.0. The van der Waals surface area contributed by atoms with Gasteiger partial charge in [-0.05, 0) is 56.9 Å². The molecule has 0 spiro atoms. The molecule has 1 unspecified atom stereocenters. The molecule has 0 radical (unpaired) electrons. The summed E-state index contributed by atoms with van der Waals surface area (Å²) in [5.74, 6) is 1.48. The van der Waals surface area contributed by atoms with E-state index in [1.165, 1.54) is 25.7 Å². The van der Waals surface area contributed by atoms with Crippen molar-refractivity contribution in [1.82, 2.24) is 30.7 Å². The number of ether oxygens (including phenoxy) is 1.